The van der Waals surface area contributed by atoms with Gasteiger partial charge in [-0.25, -0.2) is 15.8 Å². The van der Waals surface area contributed by atoms with Crippen molar-refractivity contribution in [3.05, 3.63) is 11.9 Å². The molecular formula is C12H21N5O3. The van der Waals surface area contributed by atoms with E-state index in [0.717, 1.165) is 12.8 Å². The topological polar surface area (TPSA) is 115 Å². The minimum atomic E-state index is -0.414. The molecule has 0 unspecified atom stereocenters. The lowest BCUT2D eigenvalue weighted by molar-refractivity contribution is 0.0378. The summed E-state index contributed by atoms with van der Waals surface area (Å²) in [5, 5.41) is 13.0. The number of aromatic nitrogens is 2. The molecule has 1 aliphatic rings. The van der Waals surface area contributed by atoms with E-state index in [9.17, 15) is 5.11 Å². The van der Waals surface area contributed by atoms with Gasteiger partial charge < -0.3 is 25.3 Å². The molecule has 0 saturated carbocycles. The van der Waals surface area contributed by atoms with E-state index in [0.29, 0.717) is 37.3 Å². The molecule has 1 fully saturated rings. The van der Waals surface area contributed by atoms with E-state index in [1.165, 1.54) is 0 Å². The van der Waals surface area contributed by atoms with Crippen molar-refractivity contribution >= 4 is 11.6 Å². The van der Waals surface area contributed by atoms with Gasteiger partial charge in [-0.05, 0) is 12.8 Å². The van der Waals surface area contributed by atoms with Gasteiger partial charge >= 0.3 is 0 Å². The van der Waals surface area contributed by atoms with Gasteiger partial charge in [-0.1, -0.05) is 0 Å². The van der Waals surface area contributed by atoms with Gasteiger partial charge in [-0.2, -0.15) is 0 Å². The van der Waals surface area contributed by atoms with E-state index in [4.69, 9.17) is 15.3 Å². The van der Waals surface area contributed by atoms with Crippen LogP contribution < -0.4 is 16.6 Å². The summed E-state index contributed by atoms with van der Waals surface area (Å²) in [6, 6.07) is 1.70. The monoisotopic (exact) mass is 283 g/mol. The highest BCUT2D eigenvalue weighted by atomic mass is 16.5. The highest BCUT2D eigenvalue weighted by molar-refractivity contribution is 5.48. The van der Waals surface area contributed by atoms with Crippen molar-refractivity contribution < 1.29 is 14.6 Å². The first-order valence-corrected chi connectivity index (χ1v) is 6.52. The first-order valence-electron chi connectivity index (χ1n) is 6.52. The predicted molar refractivity (Wildman–Crippen MR) is 74.0 cm³/mol. The van der Waals surface area contributed by atoms with E-state index in [1.807, 2.05) is 0 Å². The molecule has 1 aromatic rings. The summed E-state index contributed by atoms with van der Waals surface area (Å²) >= 11 is 0. The molecule has 2 heterocycles. The van der Waals surface area contributed by atoms with Crippen LogP contribution in [0.15, 0.2) is 6.07 Å². The third-order valence-electron chi connectivity index (χ3n) is 3.34. The van der Waals surface area contributed by atoms with Crippen molar-refractivity contribution in [1.29, 1.82) is 0 Å². The van der Waals surface area contributed by atoms with Gasteiger partial charge in [0.15, 0.2) is 5.82 Å². The summed E-state index contributed by atoms with van der Waals surface area (Å²) in [5.41, 5.74) is 2.09. The number of anilines is 2. The fourth-order valence-electron chi connectivity index (χ4n) is 2.19. The van der Waals surface area contributed by atoms with Crippen molar-refractivity contribution in [3.63, 3.8) is 0 Å². The summed E-state index contributed by atoms with van der Waals surface area (Å²) in [7, 11) is 1.58. The average molecular weight is 283 g/mol. The molecule has 1 aromatic heterocycles. The quantitative estimate of drug-likeness (QED) is 0.421. The van der Waals surface area contributed by atoms with Crippen LogP contribution in [0.4, 0.5) is 11.6 Å². The number of methoxy groups -OCH3 is 1. The fourth-order valence-corrected chi connectivity index (χ4v) is 2.19. The van der Waals surface area contributed by atoms with Crippen molar-refractivity contribution in [2.45, 2.75) is 25.0 Å². The number of ether oxygens (including phenoxy) is 2. The lowest BCUT2D eigenvalue weighted by Crippen LogP contribution is -2.47. The standard InChI is InChI=1S/C12H21N5O3/c1-19-7-11-14-9(6-10(15-11)17-13)16-12(8-18)2-4-20-5-3-12/h6,18H,2-5,7-8,13H2,1H3,(H2,14,15,16,17). The van der Waals surface area contributed by atoms with E-state index in [1.54, 1.807) is 13.2 Å². The number of hydrogen-bond acceptors (Lipinski definition) is 8. The minimum absolute atomic E-state index is 0.0192. The maximum atomic E-state index is 9.68. The number of nitrogen functional groups attached to an aromatic ring is 1. The normalized spacial score (nSPS) is 17.8. The van der Waals surface area contributed by atoms with Gasteiger partial charge in [0, 0.05) is 26.4 Å². The summed E-state index contributed by atoms with van der Waals surface area (Å²) in [5.74, 6) is 7.03. The van der Waals surface area contributed by atoms with Crippen LogP contribution in [0.2, 0.25) is 0 Å². The predicted octanol–water partition coefficient (Wildman–Crippen LogP) is -0.138. The molecule has 0 spiro atoms. The molecule has 0 amide bonds. The molecule has 1 aliphatic heterocycles. The average Bonchev–Trinajstić information content (AvgIpc) is 2.48. The Morgan fingerprint density at radius 2 is 2.10 bits per heavy atom. The van der Waals surface area contributed by atoms with Crippen molar-refractivity contribution in [3.8, 4) is 0 Å². The van der Waals surface area contributed by atoms with Crippen LogP contribution in [0.25, 0.3) is 0 Å². The van der Waals surface area contributed by atoms with Crippen molar-refractivity contribution in [2.24, 2.45) is 5.84 Å². The molecule has 112 valence electrons. The Hall–Kier alpha value is -1.48. The van der Waals surface area contributed by atoms with Gasteiger partial charge in [0.1, 0.15) is 18.2 Å². The number of aliphatic hydroxyl groups excluding tert-OH is 1. The first-order chi connectivity index (χ1) is 9.71. The van der Waals surface area contributed by atoms with Gasteiger partial charge in [-0.3, -0.25) is 0 Å². The smallest absolute Gasteiger partial charge is 0.158 e. The molecule has 1 saturated heterocycles. The van der Waals surface area contributed by atoms with Gasteiger partial charge in [0.05, 0.1) is 12.1 Å². The molecular weight excluding hydrogens is 262 g/mol. The maximum Gasteiger partial charge on any atom is 0.158 e. The fraction of sp³-hybridized carbons (Fsp3) is 0.667. The minimum Gasteiger partial charge on any atom is -0.394 e. The Morgan fingerprint density at radius 3 is 2.70 bits per heavy atom. The molecule has 20 heavy (non-hydrogen) atoms. The summed E-state index contributed by atoms with van der Waals surface area (Å²) in [6.45, 7) is 1.54. The van der Waals surface area contributed by atoms with E-state index >= 15 is 0 Å². The zero-order valence-corrected chi connectivity index (χ0v) is 11.6. The second-order valence-corrected chi connectivity index (χ2v) is 4.81. The molecule has 0 aromatic carbocycles. The van der Waals surface area contributed by atoms with E-state index < -0.39 is 5.54 Å². The molecule has 0 aliphatic carbocycles. The maximum absolute atomic E-state index is 9.68. The highest BCUT2D eigenvalue weighted by Gasteiger charge is 2.32. The Kier molecular flexibility index (Phi) is 5.07. The summed E-state index contributed by atoms with van der Waals surface area (Å²) < 4.78 is 10.4. The highest BCUT2D eigenvalue weighted by Crippen LogP contribution is 2.25. The zero-order chi connectivity index (χ0) is 14.4. The Morgan fingerprint density at radius 1 is 1.40 bits per heavy atom. The number of nitrogens with zero attached hydrogens (tertiary/aromatic N) is 2. The molecule has 0 atom stereocenters. The van der Waals surface area contributed by atoms with Crippen LogP contribution >= 0.6 is 0 Å². The lowest BCUT2D eigenvalue weighted by atomic mass is 9.91. The summed E-state index contributed by atoms with van der Waals surface area (Å²) in [4.78, 5) is 8.55. The second kappa shape index (κ2) is 6.80. The number of nitrogens with one attached hydrogen (secondary N) is 2. The second-order valence-electron chi connectivity index (χ2n) is 4.81. The third kappa shape index (κ3) is 3.54. The molecule has 8 heteroatoms. The Bertz CT molecular complexity index is 437. The van der Waals surface area contributed by atoms with Crippen molar-refractivity contribution in [1.82, 2.24) is 9.97 Å². The number of hydrazine groups is 1. The first kappa shape index (κ1) is 14.9. The van der Waals surface area contributed by atoms with Crippen LogP contribution in [-0.2, 0) is 16.1 Å². The van der Waals surface area contributed by atoms with Crippen molar-refractivity contribution in [2.75, 3.05) is 37.7 Å². The lowest BCUT2D eigenvalue weighted by Gasteiger charge is -2.36. The zero-order valence-electron chi connectivity index (χ0n) is 11.6. The molecule has 8 nitrogen and oxygen atoms in total. The largest absolute Gasteiger partial charge is 0.394 e. The molecule has 5 N–H and O–H groups in total. The van der Waals surface area contributed by atoms with E-state index in [2.05, 4.69) is 20.7 Å². The van der Waals surface area contributed by atoms with Crippen LogP contribution in [0, 0.1) is 0 Å². The Balaban J connectivity index is 2.19. The van der Waals surface area contributed by atoms with E-state index in [-0.39, 0.29) is 6.61 Å². The van der Waals surface area contributed by atoms with Gasteiger partial charge in [0.2, 0.25) is 0 Å². The van der Waals surface area contributed by atoms with Gasteiger partial charge in [-0.15, -0.1) is 0 Å². The third-order valence-corrected chi connectivity index (χ3v) is 3.34. The molecule has 0 bridgehead atoms. The van der Waals surface area contributed by atoms with Crippen LogP contribution in [0.3, 0.4) is 0 Å². The van der Waals surface area contributed by atoms with Crippen LogP contribution in [0.1, 0.15) is 18.7 Å². The molecule has 2 rings (SSSR count). The molecule has 0 radical (unpaired) electrons. The number of aliphatic hydroxyl groups is 1. The number of hydrogen-bond donors (Lipinski definition) is 4. The SMILES string of the molecule is COCc1nc(NN)cc(NC2(CO)CCOCC2)n1. The number of rotatable bonds is 6. The Labute approximate surface area is 117 Å². The van der Waals surface area contributed by atoms with Gasteiger partial charge in [0.25, 0.3) is 0 Å². The summed E-state index contributed by atoms with van der Waals surface area (Å²) in [6.07, 6.45) is 1.44. The number of nitrogens with two attached hydrogens (primary N) is 1. The van der Waals surface area contributed by atoms with Crippen LogP contribution in [-0.4, -0.2) is 47.5 Å². The van der Waals surface area contributed by atoms with Crippen LogP contribution in [0.5, 0.6) is 0 Å².